The Morgan fingerprint density at radius 1 is 1.31 bits per heavy atom. The molecule has 0 spiro atoms. The molecule has 0 bridgehead atoms. The first-order valence-corrected chi connectivity index (χ1v) is 8.02. The van der Waals surface area contributed by atoms with Gasteiger partial charge in [0.25, 0.3) is 5.91 Å². The molecule has 1 heterocycles. The van der Waals surface area contributed by atoms with Gasteiger partial charge in [-0.1, -0.05) is 17.7 Å². The van der Waals surface area contributed by atoms with Crippen LogP contribution in [-0.2, 0) is 17.5 Å². The maximum atomic E-state index is 12.8. The van der Waals surface area contributed by atoms with Crippen LogP contribution in [0.1, 0.15) is 31.9 Å². The lowest BCUT2D eigenvalue weighted by Crippen LogP contribution is -2.41. The van der Waals surface area contributed by atoms with Crippen molar-refractivity contribution in [2.75, 3.05) is 6.54 Å². The molecule has 0 unspecified atom stereocenters. The molecule has 0 radical (unpaired) electrons. The van der Waals surface area contributed by atoms with Gasteiger partial charge in [0.15, 0.2) is 5.84 Å². The van der Waals surface area contributed by atoms with Crippen LogP contribution in [0.25, 0.3) is 0 Å². The van der Waals surface area contributed by atoms with Crippen LogP contribution < -0.4 is 5.32 Å². The molecule has 8 heteroatoms. The lowest BCUT2D eigenvalue weighted by Gasteiger charge is -2.27. The molecule has 0 aliphatic carbocycles. The highest BCUT2D eigenvalue weighted by molar-refractivity contribution is 6.15. The van der Waals surface area contributed by atoms with Crippen LogP contribution in [0, 0.1) is 0 Å². The zero-order valence-electron chi connectivity index (χ0n) is 14.7. The van der Waals surface area contributed by atoms with Crippen LogP contribution in [0.3, 0.4) is 0 Å². The minimum Gasteiger partial charge on any atom is -0.380 e. The first-order valence-electron chi connectivity index (χ1n) is 8.02. The van der Waals surface area contributed by atoms with Gasteiger partial charge in [0.05, 0.1) is 11.3 Å². The average molecular weight is 367 g/mol. The molecule has 0 aromatic heterocycles. The molecule has 1 aliphatic heterocycles. The molecule has 0 fully saturated rings. The molecule has 1 amide bonds. The second-order valence-electron chi connectivity index (χ2n) is 5.93. The standard InChI is InChI=1S/C18H20F3N3O2/c1-4-22-17-16(11(2)3)14(9-15(25)24(17)26)23-10-12-6-5-7-13(8-12)18(19,20)21/h5-9,23,26H,4,10H2,1-3H3. The summed E-state index contributed by atoms with van der Waals surface area (Å²) >= 11 is 0. The van der Waals surface area contributed by atoms with Gasteiger partial charge in [-0.25, -0.2) is 0 Å². The fourth-order valence-corrected chi connectivity index (χ4v) is 2.57. The number of amidine groups is 1. The first-order chi connectivity index (χ1) is 12.1. The smallest absolute Gasteiger partial charge is 0.380 e. The van der Waals surface area contributed by atoms with Crippen LogP contribution >= 0.6 is 0 Å². The summed E-state index contributed by atoms with van der Waals surface area (Å²) in [7, 11) is 0. The highest BCUT2D eigenvalue weighted by Crippen LogP contribution is 2.29. The van der Waals surface area contributed by atoms with Gasteiger partial charge in [0.2, 0.25) is 0 Å². The Morgan fingerprint density at radius 3 is 2.58 bits per heavy atom. The minimum atomic E-state index is -4.42. The van der Waals surface area contributed by atoms with Crippen LogP contribution in [-0.4, -0.2) is 28.6 Å². The van der Waals surface area contributed by atoms with Gasteiger partial charge in [-0.3, -0.25) is 15.0 Å². The lowest BCUT2D eigenvalue weighted by molar-refractivity contribution is -0.143. The number of nitrogens with zero attached hydrogens (tertiary/aromatic N) is 2. The van der Waals surface area contributed by atoms with Crippen LogP contribution in [0.5, 0.6) is 0 Å². The van der Waals surface area contributed by atoms with Crippen molar-refractivity contribution in [2.45, 2.75) is 33.5 Å². The summed E-state index contributed by atoms with van der Waals surface area (Å²) in [5.41, 5.74) is 1.43. The Bertz CT molecular complexity index is 791. The van der Waals surface area contributed by atoms with E-state index in [-0.39, 0.29) is 12.4 Å². The highest BCUT2D eigenvalue weighted by Gasteiger charge is 2.31. The van der Waals surface area contributed by atoms with E-state index in [4.69, 9.17) is 0 Å². The molecule has 26 heavy (non-hydrogen) atoms. The van der Waals surface area contributed by atoms with Gasteiger partial charge in [0, 0.05) is 24.7 Å². The maximum Gasteiger partial charge on any atom is 0.416 e. The molecule has 1 aromatic carbocycles. The van der Waals surface area contributed by atoms with Gasteiger partial charge in [-0.2, -0.15) is 18.2 Å². The van der Waals surface area contributed by atoms with E-state index in [0.717, 1.165) is 17.7 Å². The summed E-state index contributed by atoms with van der Waals surface area (Å²) in [5, 5.41) is 13.4. The van der Waals surface area contributed by atoms with Gasteiger partial charge >= 0.3 is 6.18 Å². The summed E-state index contributed by atoms with van der Waals surface area (Å²) in [5.74, 6) is -0.555. The number of rotatable bonds is 4. The number of halogens is 3. The van der Waals surface area contributed by atoms with Crippen molar-refractivity contribution in [3.05, 3.63) is 58.3 Å². The summed E-state index contributed by atoms with van der Waals surface area (Å²) in [6, 6.07) is 4.96. The van der Waals surface area contributed by atoms with E-state index in [2.05, 4.69) is 10.3 Å². The Balaban J connectivity index is 2.31. The molecule has 2 N–H and O–H groups in total. The van der Waals surface area contributed by atoms with Crippen LogP contribution in [0.15, 0.2) is 52.2 Å². The number of carbonyl (C=O) groups excluding carboxylic acids is 1. The summed E-state index contributed by atoms with van der Waals surface area (Å²) in [6.45, 7) is 5.80. The first kappa shape index (κ1) is 19.7. The minimum absolute atomic E-state index is 0.0879. The summed E-state index contributed by atoms with van der Waals surface area (Å²) in [6.07, 6.45) is -3.22. The number of carbonyl (C=O) groups is 1. The van der Waals surface area contributed by atoms with Gasteiger partial charge in [-0.05, 0) is 38.5 Å². The van der Waals surface area contributed by atoms with Gasteiger partial charge in [-0.15, -0.1) is 0 Å². The second-order valence-corrected chi connectivity index (χ2v) is 5.93. The number of nitrogens with one attached hydrogen (secondary N) is 1. The van der Waals surface area contributed by atoms with E-state index < -0.39 is 17.6 Å². The summed E-state index contributed by atoms with van der Waals surface area (Å²) < 4.78 is 38.5. The van der Waals surface area contributed by atoms with Crippen molar-refractivity contribution < 1.29 is 23.2 Å². The van der Waals surface area contributed by atoms with E-state index in [0.29, 0.717) is 28.4 Å². The SMILES string of the molecule is CCN=C1C(=C(C)C)C(NCc2cccc(C(F)(F)F)c2)=CC(=O)N1O. The number of amides is 1. The maximum absolute atomic E-state index is 12.8. The predicted molar refractivity (Wildman–Crippen MR) is 91.3 cm³/mol. The summed E-state index contributed by atoms with van der Waals surface area (Å²) in [4.78, 5) is 16.1. The number of hydroxylamine groups is 2. The molecule has 0 atom stereocenters. The zero-order chi connectivity index (χ0) is 19.5. The van der Waals surface area contributed by atoms with Gasteiger partial charge in [0.1, 0.15) is 0 Å². The third-order valence-electron chi connectivity index (χ3n) is 3.72. The van der Waals surface area contributed by atoms with Gasteiger partial charge < -0.3 is 5.32 Å². The highest BCUT2D eigenvalue weighted by atomic mass is 19.4. The Labute approximate surface area is 149 Å². The average Bonchev–Trinajstić information content (AvgIpc) is 2.56. The van der Waals surface area contributed by atoms with Crippen molar-refractivity contribution in [2.24, 2.45) is 4.99 Å². The predicted octanol–water partition coefficient (Wildman–Crippen LogP) is 3.67. The lowest BCUT2D eigenvalue weighted by atomic mass is 10.0. The monoisotopic (exact) mass is 367 g/mol. The molecule has 140 valence electrons. The number of allylic oxidation sites excluding steroid dienone is 1. The van der Waals surface area contributed by atoms with Crippen LogP contribution in [0.2, 0.25) is 0 Å². The van der Waals surface area contributed by atoms with Crippen molar-refractivity contribution in [3.63, 3.8) is 0 Å². The number of hydrogen-bond acceptors (Lipinski definition) is 4. The number of alkyl halides is 3. The molecule has 0 saturated heterocycles. The van der Waals surface area contributed by atoms with E-state index >= 15 is 0 Å². The molecular formula is C18H20F3N3O2. The quantitative estimate of drug-likeness (QED) is 0.798. The Kier molecular flexibility index (Phi) is 5.86. The van der Waals surface area contributed by atoms with Crippen molar-refractivity contribution in [1.82, 2.24) is 10.4 Å². The van der Waals surface area contributed by atoms with Crippen molar-refractivity contribution in [3.8, 4) is 0 Å². The topological polar surface area (TPSA) is 64.9 Å². The Morgan fingerprint density at radius 2 is 2.00 bits per heavy atom. The molecule has 0 saturated carbocycles. The number of hydrogen-bond donors (Lipinski definition) is 2. The third-order valence-corrected chi connectivity index (χ3v) is 3.72. The Hall–Kier alpha value is -2.61. The number of benzene rings is 1. The number of aliphatic imine (C=N–C) groups is 1. The van der Waals surface area contributed by atoms with E-state index in [1.54, 1.807) is 26.8 Å². The molecule has 1 aliphatic rings. The molecule has 2 rings (SSSR count). The largest absolute Gasteiger partial charge is 0.416 e. The van der Waals surface area contributed by atoms with Crippen molar-refractivity contribution >= 4 is 11.7 Å². The van der Waals surface area contributed by atoms with E-state index in [1.807, 2.05) is 0 Å². The normalized spacial score (nSPS) is 16.8. The fourth-order valence-electron chi connectivity index (χ4n) is 2.57. The third kappa shape index (κ3) is 4.32. The second kappa shape index (κ2) is 7.74. The van der Waals surface area contributed by atoms with Crippen molar-refractivity contribution in [1.29, 1.82) is 0 Å². The van der Waals surface area contributed by atoms with E-state index in [1.165, 1.54) is 12.1 Å². The van der Waals surface area contributed by atoms with E-state index in [9.17, 15) is 23.2 Å². The molecular weight excluding hydrogens is 347 g/mol. The molecule has 5 nitrogen and oxygen atoms in total. The van der Waals surface area contributed by atoms with Crippen LogP contribution in [0.4, 0.5) is 13.2 Å². The molecule has 1 aromatic rings. The zero-order valence-corrected chi connectivity index (χ0v) is 14.7. The fraction of sp³-hybridized carbons (Fsp3) is 0.333.